The Hall–Kier alpha value is -2.06. The van der Waals surface area contributed by atoms with E-state index in [4.69, 9.17) is 4.55 Å². The van der Waals surface area contributed by atoms with Gasteiger partial charge in [-0.3, -0.25) is 9.35 Å². The lowest BCUT2D eigenvalue weighted by Gasteiger charge is -2.16. The van der Waals surface area contributed by atoms with Gasteiger partial charge in [0.05, 0.1) is 0 Å². The molecular weight excluding hydrogens is 492 g/mol. The van der Waals surface area contributed by atoms with Gasteiger partial charge >= 0.3 is 5.97 Å². The highest BCUT2D eigenvalue weighted by Crippen LogP contribution is 2.36. The lowest BCUT2D eigenvalue weighted by Crippen LogP contribution is -2.15. The molecule has 0 amide bonds. The highest BCUT2D eigenvalue weighted by molar-refractivity contribution is 8.00. The Labute approximate surface area is 212 Å². The molecule has 2 aromatic rings. The molecule has 200 valence electrons. The standard InChI is InChI=1S/C22H34N4O5S2.2H3N/c1-2-3-4-5-6-7-8-9-10-11-14-18-15-12-13-16-19(18)20(21(27)28)32-22-23-24-25-26(22)17-33(29,30)31;;/h12-13,15-16,20H,2-11,14,17H2,1H3,(H,27,28)(H,29,30,31);2*1H3. The number of tetrazole rings is 1. The van der Waals surface area contributed by atoms with Crippen LogP contribution in [0.1, 0.15) is 87.5 Å². The van der Waals surface area contributed by atoms with E-state index in [0.717, 1.165) is 41.3 Å². The molecule has 0 aliphatic carbocycles. The molecule has 11 nitrogen and oxygen atoms in total. The first-order valence-corrected chi connectivity index (χ1v) is 14.0. The van der Waals surface area contributed by atoms with Crippen molar-refractivity contribution >= 4 is 27.8 Å². The molecule has 1 heterocycles. The molecule has 1 aromatic heterocycles. The van der Waals surface area contributed by atoms with E-state index in [1.165, 1.54) is 51.4 Å². The van der Waals surface area contributed by atoms with Crippen LogP contribution in [0.4, 0.5) is 0 Å². The van der Waals surface area contributed by atoms with E-state index >= 15 is 0 Å². The van der Waals surface area contributed by atoms with Gasteiger partial charge in [0.25, 0.3) is 10.1 Å². The topological polar surface area (TPSA) is 205 Å². The van der Waals surface area contributed by atoms with Crippen LogP contribution in [0.3, 0.4) is 0 Å². The summed E-state index contributed by atoms with van der Waals surface area (Å²) in [4.78, 5) is 12.1. The lowest BCUT2D eigenvalue weighted by molar-refractivity contribution is -0.136. The predicted molar refractivity (Wildman–Crippen MR) is 138 cm³/mol. The summed E-state index contributed by atoms with van der Waals surface area (Å²) in [5.74, 6) is -1.91. The molecule has 35 heavy (non-hydrogen) atoms. The van der Waals surface area contributed by atoms with Crippen molar-refractivity contribution in [1.82, 2.24) is 32.5 Å². The number of aromatic nitrogens is 4. The minimum absolute atomic E-state index is 0. The zero-order chi connectivity index (χ0) is 24.1. The van der Waals surface area contributed by atoms with E-state index in [2.05, 4.69) is 22.4 Å². The fraction of sp³-hybridized carbons (Fsp3) is 0.636. The highest BCUT2D eigenvalue weighted by Gasteiger charge is 2.27. The summed E-state index contributed by atoms with van der Waals surface area (Å²) in [6.07, 6.45) is 13.1. The molecule has 0 spiro atoms. The minimum Gasteiger partial charge on any atom is -0.480 e. The van der Waals surface area contributed by atoms with Crippen LogP contribution in [0.5, 0.6) is 0 Å². The van der Waals surface area contributed by atoms with E-state index in [1.807, 2.05) is 12.1 Å². The molecule has 1 atom stereocenters. The van der Waals surface area contributed by atoms with Gasteiger partial charge in [0, 0.05) is 0 Å². The summed E-state index contributed by atoms with van der Waals surface area (Å²) in [6, 6.07) is 7.38. The van der Waals surface area contributed by atoms with Crippen molar-refractivity contribution in [2.45, 2.75) is 93.8 Å². The summed E-state index contributed by atoms with van der Waals surface area (Å²) >= 11 is 0.848. The molecular formula is C22H40N6O5S2. The molecule has 0 radical (unpaired) electrons. The third kappa shape index (κ3) is 12.5. The molecule has 2 rings (SSSR count). The number of aliphatic carboxylic acids is 1. The van der Waals surface area contributed by atoms with Crippen molar-refractivity contribution in [2.24, 2.45) is 0 Å². The summed E-state index contributed by atoms with van der Waals surface area (Å²) < 4.78 is 32.3. The summed E-state index contributed by atoms with van der Waals surface area (Å²) in [6.45, 7) is 2.22. The number of nitrogens with zero attached hydrogens (tertiary/aromatic N) is 4. The average Bonchev–Trinajstić information content (AvgIpc) is 3.18. The number of hydrogen-bond acceptors (Lipinski definition) is 9. The Morgan fingerprint density at radius 2 is 1.57 bits per heavy atom. The average molecular weight is 533 g/mol. The van der Waals surface area contributed by atoms with Gasteiger partial charge in [-0.25, -0.2) is 4.68 Å². The maximum atomic E-state index is 12.1. The Balaban J connectivity index is 0.00000578. The summed E-state index contributed by atoms with van der Waals surface area (Å²) in [5, 5.41) is 19.5. The number of carboxylic acid groups (broad SMARTS) is 1. The van der Waals surface area contributed by atoms with Crippen molar-refractivity contribution in [3.05, 3.63) is 35.4 Å². The minimum atomic E-state index is -4.37. The Morgan fingerprint density at radius 3 is 2.14 bits per heavy atom. The zero-order valence-electron chi connectivity index (χ0n) is 20.5. The largest absolute Gasteiger partial charge is 0.480 e. The van der Waals surface area contributed by atoms with Crippen LogP contribution >= 0.6 is 11.8 Å². The van der Waals surface area contributed by atoms with Gasteiger partial charge in [-0.15, -0.1) is 5.10 Å². The number of benzene rings is 1. The van der Waals surface area contributed by atoms with Crippen LogP contribution in [0.25, 0.3) is 0 Å². The molecule has 1 unspecified atom stereocenters. The van der Waals surface area contributed by atoms with Crippen LogP contribution in [-0.4, -0.2) is 44.3 Å². The molecule has 1 aromatic carbocycles. The summed E-state index contributed by atoms with van der Waals surface area (Å²) in [5.41, 5.74) is 1.60. The fourth-order valence-corrected chi connectivity index (χ4v) is 5.23. The van der Waals surface area contributed by atoms with Gasteiger partial charge in [-0.05, 0) is 34.4 Å². The molecule has 0 aliphatic rings. The molecule has 0 bridgehead atoms. The first-order valence-electron chi connectivity index (χ1n) is 11.5. The van der Waals surface area contributed by atoms with Crippen molar-refractivity contribution in [2.75, 3.05) is 0 Å². The van der Waals surface area contributed by atoms with Gasteiger partial charge in [0.2, 0.25) is 5.16 Å². The van der Waals surface area contributed by atoms with Gasteiger partial charge in [-0.1, -0.05) is 101 Å². The van der Waals surface area contributed by atoms with E-state index in [0.29, 0.717) is 5.56 Å². The number of carboxylic acids is 1. The first-order chi connectivity index (χ1) is 15.8. The van der Waals surface area contributed by atoms with Gasteiger partial charge in [0.15, 0.2) is 5.88 Å². The lowest BCUT2D eigenvalue weighted by atomic mass is 9.98. The molecule has 0 fully saturated rings. The van der Waals surface area contributed by atoms with Crippen LogP contribution in [0.2, 0.25) is 0 Å². The van der Waals surface area contributed by atoms with Crippen LogP contribution in [-0.2, 0) is 27.2 Å². The zero-order valence-corrected chi connectivity index (χ0v) is 22.1. The second-order valence-corrected chi connectivity index (χ2v) is 10.6. The van der Waals surface area contributed by atoms with Gasteiger partial charge in [0.1, 0.15) is 5.25 Å². The number of unbranched alkanes of at least 4 members (excludes halogenated alkanes) is 9. The Bertz CT molecular complexity index is 971. The van der Waals surface area contributed by atoms with E-state index in [9.17, 15) is 18.3 Å². The second-order valence-electron chi connectivity index (χ2n) is 8.14. The Kier molecular flexibility index (Phi) is 16.4. The number of aryl methyl sites for hydroxylation is 1. The fourth-order valence-electron chi connectivity index (χ4n) is 3.69. The quantitative estimate of drug-likeness (QED) is 0.118. The van der Waals surface area contributed by atoms with Gasteiger partial charge in [-0.2, -0.15) is 8.42 Å². The maximum Gasteiger partial charge on any atom is 0.321 e. The molecule has 8 N–H and O–H groups in total. The molecule has 0 saturated carbocycles. The number of rotatable bonds is 17. The molecule has 0 saturated heterocycles. The van der Waals surface area contributed by atoms with E-state index in [-0.39, 0.29) is 17.5 Å². The van der Waals surface area contributed by atoms with Crippen LogP contribution in [0.15, 0.2) is 29.4 Å². The Morgan fingerprint density at radius 1 is 1.00 bits per heavy atom. The monoisotopic (exact) mass is 532 g/mol. The van der Waals surface area contributed by atoms with Gasteiger partial charge < -0.3 is 17.4 Å². The van der Waals surface area contributed by atoms with Crippen molar-refractivity contribution in [3.8, 4) is 0 Å². The molecule has 0 aliphatic heterocycles. The van der Waals surface area contributed by atoms with E-state index < -0.39 is 27.2 Å². The van der Waals surface area contributed by atoms with Crippen molar-refractivity contribution in [3.63, 3.8) is 0 Å². The van der Waals surface area contributed by atoms with Crippen LogP contribution < -0.4 is 12.3 Å². The highest BCUT2D eigenvalue weighted by atomic mass is 32.2. The normalized spacial score (nSPS) is 11.9. The predicted octanol–water partition coefficient (Wildman–Crippen LogP) is 5.22. The van der Waals surface area contributed by atoms with E-state index in [1.54, 1.807) is 12.1 Å². The smallest absolute Gasteiger partial charge is 0.321 e. The first kappa shape index (κ1) is 32.9. The second kappa shape index (κ2) is 17.4. The number of carbonyl (C=O) groups is 1. The SMILES string of the molecule is CCCCCCCCCCCCc1ccccc1C(Sc1nnnn1CS(=O)(=O)O)C(=O)O.N.N. The van der Waals surface area contributed by atoms with Crippen molar-refractivity contribution < 1.29 is 22.9 Å². The third-order valence-corrected chi connectivity index (χ3v) is 7.13. The summed E-state index contributed by atoms with van der Waals surface area (Å²) in [7, 11) is -4.37. The molecule has 13 heteroatoms. The number of hydrogen-bond donors (Lipinski definition) is 4. The maximum absolute atomic E-state index is 12.1. The number of thioether (sulfide) groups is 1. The van der Waals surface area contributed by atoms with Crippen LogP contribution in [0, 0.1) is 0 Å². The van der Waals surface area contributed by atoms with Crippen molar-refractivity contribution in [1.29, 1.82) is 0 Å². The third-order valence-electron chi connectivity index (χ3n) is 5.37.